The third-order valence-corrected chi connectivity index (χ3v) is 6.32. The number of urea groups is 1. The fraction of sp³-hybridized carbons (Fsp3) is 0.310. The van der Waals surface area contributed by atoms with Crippen LogP contribution in [0.25, 0.3) is 0 Å². The van der Waals surface area contributed by atoms with Crippen molar-refractivity contribution in [3.8, 4) is 5.75 Å². The highest BCUT2D eigenvalue weighted by Gasteiger charge is 2.25. The van der Waals surface area contributed by atoms with Gasteiger partial charge in [-0.05, 0) is 74.2 Å². The van der Waals surface area contributed by atoms with Gasteiger partial charge in [0.1, 0.15) is 5.75 Å². The molecule has 3 aromatic rings. The summed E-state index contributed by atoms with van der Waals surface area (Å²) in [5.41, 5.74) is 4.74. The Balaban J connectivity index is 1.35. The van der Waals surface area contributed by atoms with Gasteiger partial charge in [0.25, 0.3) is 5.91 Å². The van der Waals surface area contributed by atoms with Crippen molar-refractivity contribution < 1.29 is 14.3 Å². The lowest BCUT2D eigenvalue weighted by atomic mass is 9.89. The summed E-state index contributed by atoms with van der Waals surface area (Å²) in [7, 11) is 0. The molecule has 1 unspecified atom stereocenters. The van der Waals surface area contributed by atoms with Crippen LogP contribution in [0.3, 0.4) is 0 Å². The van der Waals surface area contributed by atoms with Crippen LogP contribution >= 0.6 is 0 Å². The third kappa shape index (κ3) is 6.63. The zero-order chi connectivity index (χ0) is 24.6. The molecule has 1 atom stereocenters. The van der Waals surface area contributed by atoms with E-state index in [2.05, 4.69) is 16.7 Å². The fourth-order valence-electron chi connectivity index (χ4n) is 4.36. The van der Waals surface area contributed by atoms with Gasteiger partial charge in [-0.2, -0.15) is 0 Å². The van der Waals surface area contributed by atoms with Crippen LogP contribution in [0.4, 0.5) is 10.5 Å². The number of hydrogen-bond acceptors (Lipinski definition) is 3. The highest BCUT2D eigenvalue weighted by atomic mass is 16.5. The summed E-state index contributed by atoms with van der Waals surface area (Å²) in [5, 5.41) is 5.99. The Morgan fingerprint density at radius 2 is 1.80 bits per heavy atom. The van der Waals surface area contributed by atoms with Gasteiger partial charge in [0.05, 0.1) is 6.61 Å². The predicted molar refractivity (Wildman–Crippen MR) is 139 cm³/mol. The molecule has 0 aromatic heterocycles. The molecule has 35 heavy (non-hydrogen) atoms. The van der Waals surface area contributed by atoms with Gasteiger partial charge >= 0.3 is 6.03 Å². The van der Waals surface area contributed by atoms with Crippen LogP contribution in [0.1, 0.15) is 52.7 Å². The number of amides is 3. The molecule has 0 bridgehead atoms. The first-order valence-electron chi connectivity index (χ1n) is 12.2. The van der Waals surface area contributed by atoms with E-state index in [-0.39, 0.29) is 17.9 Å². The second-order valence-electron chi connectivity index (χ2n) is 8.97. The van der Waals surface area contributed by atoms with E-state index in [1.807, 2.05) is 85.5 Å². The van der Waals surface area contributed by atoms with E-state index in [1.165, 1.54) is 5.56 Å². The van der Waals surface area contributed by atoms with E-state index >= 15 is 0 Å². The number of nitrogens with zero attached hydrogens (tertiary/aromatic N) is 1. The first kappa shape index (κ1) is 24.3. The molecule has 2 N–H and O–H groups in total. The lowest BCUT2D eigenvalue weighted by Gasteiger charge is -2.33. The first-order chi connectivity index (χ1) is 17.0. The lowest BCUT2D eigenvalue weighted by molar-refractivity contribution is 0.0950. The van der Waals surface area contributed by atoms with Crippen LogP contribution in [0.2, 0.25) is 0 Å². The van der Waals surface area contributed by atoms with E-state index in [0.717, 1.165) is 42.0 Å². The number of ether oxygens (including phenoxy) is 1. The third-order valence-electron chi connectivity index (χ3n) is 6.32. The summed E-state index contributed by atoms with van der Waals surface area (Å²) in [6.07, 6.45) is 1.91. The number of carbonyl (C=O) groups excluding carboxylic acids is 2. The molecular weight excluding hydrogens is 438 g/mol. The molecule has 182 valence electrons. The van der Waals surface area contributed by atoms with Gasteiger partial charge in [0.15, 0.2) is 0 Å². The van der Waals surface area contributed by atoms with Crippen LogP contribution in [0.5, 0.6) is 5.75 Å². The largest absolute Gasteiger partial charge is 0.494 e. The van der Waals surface area contributed by atoms with Gasteiger partial charge in [0.2, 0.25) is 0 Å². The van der Waals surface area contributed by atoms with E-state index in [0.29, 0.717) is 25.3 Å². The second-order valence-corrected chi connectivity index (χ2v) is 8.97. The molecule has 6 heteroatoms. The smallest absolute Gasteiger partial charge is 0.321 e. The standard InChI is InChI=1S/C29H33N3O3/c1-3-35-27-15-13-26(14-16-27)31-29(34)32-17-5-8-25(20-32)23-6-4-7-24(18-23)28(33)30-19-22-11-9-21(2)10-12-22/h4,6-7,9-16,18,25H,3,5,8,17,19-20H2,1-2H3,(H,30,33)(H,31,34). The zero-order valence-electron chi connectivity index (χ0n) is 20.4. The number of likely N-dealkylation sites (tertiary alicyclic amines) is 1. The fourth-order valence-corrected chi connectivity index (χ4v) is 4.36. The highest BCUT2D eigenvalue weighted by molar-refractivity contribution is 5.94. The minimum Gasteiger partial charge on any atom is -0.494 e. The molecule has 0 radical (unpaired) electrons. The number of hydrogen-bond donors (Lipinski definition) is 2. The Kier molecular flexibility index (Phi) is 8.03. The lowest BCUT2D eigenvalue weighted by Crippen LogP contribution is -2.41. The average molecular weight is 472 g/mol. The number of nitrogens with one attached hydrogen (secondary N) is 2. The SMILES string of the molecule is CCOc1ccc(NC(=O)N2CCCC(c3cccc(C(=O)NCc4ccc(C)cc4)c3)C2)cc1. The molecule has 1 saturated heterocycles. The molecule has 4 rings (SSSR count). The van der Waals surface area contributed by atoms with Crippen molar-refractivity contribution in [3.05, 3.63) is 95.1 Å². The van der Waals surface area contributed by atoms with Crippen LogP contribution in [0.15, 0.2) is 72.8 Å². The van der Waals surface area contributed by atoms with Crippen molar-refractivity contribution >= 4 is 17.6 Å². The van der Waals surface area contributed by atoms with Gasteiger partial charge in [-0.15, -0.1) is 0 Å². The number of benzene rings is 3. The Hall–Kier alpha value is -3.80. The van der Waals surface area contributed by atoms with Gasteiger partial charge in [-0.25, -0.2) is 4.79 Å². The Morgan fingerprint density at radius 3 is 2.54 bits per heavy atom. The number of piperidine rings is 1. The maximum atomic E-state index is 12.9. The molecule has 3 amide bonds. The molecule has 3 aromatic carbocycles. The molecule has 0 spiro atoms. The van der Waals surface area contributed by atoms with E-state index in [4.69, 9.17) is 4.74 Å². The maximum absolute atomic E-state index is 12.9. The van der Waals surface area contributed by atoms with Crippen LogP contribution in [-0.4, -0.2) is 36.5 Å². The predicted octanol–water partition coefficient (Wildman–Crippen LogP) is 5.74. The van der Waals surface area contributed by atoms with Crippen molar-refractivity contribution in [2.75, 3.05) is 25.0 Å². The van der Waals surface area contributed by atoms with Gasteiger partial charge in [-0.3, -0.25) is 4.79 Å². The summed E-state index contributed by atoms with van der Waals surface area (Å²) >= 11 is 0. The quantitative estimate of drug-likeness (QED) is 0.462. The molecule has 0 saturated carbocycles. The normalized spacial score (nSPS) is 15.4. The summed E-state index contributed by atoms with van der Waals surface area (Å²) in [6.45, 7) is 6.43. The summed E-state index contributed by atoms with van der Waals surface area (Å²) in [6, 6.07) is 23.2. The topological polar surface area (TPSA) is 70.7 Å². The van der Waals surface area contributed by atoms with Crippen molar-refractivity contribution in [1.82, 2.24) is 10.2 Å². The summed E-state index contributed by atoms with van der Waals surface area (Å²) in [5.74, 6) is 0.888. The summed E-state index contributed by atoms with van der Waals surface area (Å²) in [4.78, 5) is 27.5. The van der Waals surface area contributed by atoms with Crippen molar-refractivity contribution in [1.29, 1.82) is 0 Å². The molecule has 6 nitrogen and oxygen atoms in total. The van der Waals surface area contributed by atoms with Crippen LogP contribution in [-0.2, 0) is 6.54 Å². The first-order valence-corrected chi connectivity index (χ1v) is 12.2. The highest BCUT2D eigenvalue weighted by Crippen LogP contribution is 2.28. The number of carbonyl (C=O) groups is 2. The van der Waals surface area contributed by atoms with Crippen molar-refractivity contribution in [3.63, 3.8) is 0 Å². The molecule has 1 fully saturated rings. The van der Waals surface area contributed by atoms with E-state index < -0.39 is 0 Å². The Labute approximate surface area is 207 Å². The van der Waals surface area contributed by atoms with Crippen molar-refractivity contribution in [2.24, 2.45) is 0 Å². The molecule has 1 aliphatic heterocycles. The van der Waals surface area contributed by atoms with Crippen LogP contribution in [0, 0.1) is 6.92 Å². The molecule has 1 aliphatic rings. The van der Waals surface area contributed by atoms with E-state index in [1.54, 1.807) is 0 Å². The number of aryl methyl sites for hydroxylation is 1. The van der Waals surface area contributed by atoms with Gasteiger partial charge in [0, 0.05) is 36.8 Å². The monoisotopic (exact) mass is 471 g/mol. The maximum Gasteiger partial charge on any atom is 0.321 e. The summed E-state index contributed by atoms with van der Waals surface area (Å²) < 4.78 is 5.46. The Morgan fingerprint density at radius 1 is 1.03 bits per heavy atom. The molecule has 0 aliphatic carbocycles. The number of anilines is 1. The van der Waals surface area contributed by atoms with Crippen molar-refractivity contribution in [2.45, 2.75) is 39.2 Å². The number of rotatable bonds is 7. The Bertz CT molecular complexity index is 1140. The van der Waals surface area contributed by atoms with Crippen LogP contribution < -0.4 is 15.4 Å². The second kappa shape index (κ2) is 11.6. The minimum absolute atomic E-state index is 0.0895. The molecular formula is C29H33N3O3. The average Bonchev–Trinajstić information content (AvgIpc) is 2.89. The minimum atomic E-state index is -0.106. The van der Waals surface area contributed by atoms with Gasteiger partial charge in [-0.1, -0.05) is 42.0 Å². The molecule has 1 heterocycles. The van der Waals surface area contributed by atoms with E-state index in [9.17, 15) is 9.59 Å². The zero-order valence-corrected chi connectivity index (χ0v) is 20.4. The van der Waals surface area contributed by atoms with Gasteiger partial charge < -0.3 is 20.3 Å².